The molecule has 4 heteroatoms. The number of hydrogen-bond acceptors (Lipinski definition) is 3. The van der Waals surface area contributed by atoms with E-state index in [1.54, 1.807) is 0 Å². The Balaban J connectivity index is 2.05. The normalized spacial score (nSPS) is 19.4. The second kappa shape index (κ2) is 3.63. The number of aromatic nitrogens is 3. The Kier molecular flexibility index (Phi) is 2.13. The average molecular weight is 214 g/mol. The van der Waals surface area contributed by atoms with Gasteiger partial charge in [0.2, 0.25) is 5.95 Å². The van der Waals surface area contributed by atoms with Crippen LogP contribution in [0.5, 0.6) is 0 Å². The molecule has 1 aromatic heterocycles. The Bertz CT molecular complexity index is 489. The van der Waals surface area contributed by atoms with Gasteiger partial charge in [0.1, 0.15) is 5.82 Å². The number of benzene rings is 1. The van der Waals surface area contributed by atoms with Crippen molar-refractivity contribution in [3.05, 3.63) is 41.7 Å². The highest BCUT2D eigenvalue weighted by molar-refractivity contribution is 5.28. The maximum atomic E-state index is 5.66. The van der Waals surface area contributed by atoms with Crippen molar-refractivity contribution < 1.29 is 0 Å². The molecule has 2 N–H and O–H groups in total. The highest BCUT2D eigenvalue weighted by Gasteiger charge is 2.24. The lowest BCUT2D eigenvalue weighted by atomic mass is 9.91. The molecule has 1 aromatic carbocycles. The lowest BCUT2D eigenvalue weighted by molar-refractivity contribution is 0.446. The smallest absolute Gasteiger partial charge is 0.239 e. The van der Waals surface area contributed by atoms with Crippen molar-refractivity contribution in [3.63, 3.8) is 0 Å². The first-order valence-corrected chi connectivity index (χ1v) is 5.60. The fraction of sp³-hybridized carbons (Fsp3) is 0.333. The minimum atomic E-state index is 0.347. The van der Waals surface area contributed by atoms with E-state index in [4.69, 9.17) is 5.73 Å². The summed E-state index contributed by atoms with van der Waals surface area (Å²) < 4.78 is 1.94. The molecule has 0 amide bonds. The van der Waals surface area contributed by atoms with Gasteiger partial charge >= 0.3 is 0 Å². The molecule has 1 aliphatic rings. The second-order valence-corrected chi connectivity index (χ2v) is 4.16. The number of hydrogen-bond donors (Lipinski definition) is 1. The van der Waals surface area contributed by atoms with Crippen LogP contribution in [0.2, 0.25) is 0 Å². The molecular formula is C12H14N4. The number of nitrogens with zero attached hydrogens (tertiary/aromatic N) is 3. The van der Waals surface area contributed by atoms with Crippen molar-refractivity contribution in [2.45, 2.75) is 25.3 Å². The molecule has 2 aromatic rings. The van der Waals surface area contributed by atoms with Gasteiger partial charge in [0.25, 0.3) is 0 Å². The molecular weight excluding hydrogens is 200 g/mol. The zero-order valence-electron chi connectivity index (χ0n) is 9.00. The molecule has 0 saturated carbocycles. The van der Waals surface area contributed by atoms with Crippen LogP contribution in [0.3, 0.4) is 0 Å². The summed E-state index contributed by atoms with van der Waals surface area (Å²) in [6, 6.07) is 10.4. The van der Waals surface area contributed by atoms with Gasteiger partial charge in [0.05, 0.1) is 0 Å². The second-order valence-electron chi connectivity index (χ2n) is 4.16. The lowest BCUT2D eigenvalue weighted by Crippen LogP contribution is -2.17. The summed E-state index contributed by atoms with van der Waals surface area (Å²) in [6.07, 6.45) is 2.26. The third kappa shape index (κ3) is 1.46. The van der Waals surface area contributed by atoms with E-state index < -0.39 is 0 Å². The minimum Gasteiger partial charge on any atom is -0.366 e. The van der Waals surface area contributed by atoms with Crippen molar-refractivity contribution in [1.82, 2.24) is 14.8 Å². The van der Waals surface area contributed by atoms with Gasteiger partial charge in [-0.3, -0.25) is 0 Å². The molecule has 16 heavy (non-hydrogen) atoms. The number of anilines is 1. The van der Waals surface area contributed by atoms with Gasteiger partial charge in [-0.05, 0) is 18.4 Å². The highest BCUT2D eigenvalue weighted by Crippen LogP contribution is 2.31. The van der Waals surface area contributed by atoms with Gasteiger partial charge < -0.3 is 5.73 Å². The third-order valence-corrected chi connectivity index (χ3v) is 3.09. The first kappa shape index (κ1) is 9.39. The van der Waals surface area contributed by atoms with Gasteiger partial charge in [0, 0.05) is 12.5 Å². The number of nitrogens with two attached hydrogens (primary N) is 1. The van der Waals surface area contributed by atoms with Crippen LogP contribution < -0.4 is 5.73 Å². The Morgan fingerprint density at radius 1 is 1.25 bits per heavy atom. The summed E-state index contributed by atoms with van der Waals surface area (Å²) in [4.78, 5) is 4.34. The van der Waals surface area contributed by atoms with Crippen molar-refractivity contribution in [1.29, 1.82) is 0 Å². The Morgan fingerprint density at radius 2 is 2.06 bits per heavy atom. The van der Waals surface area contributed by atoms with Crippen LogP contribution in [0.15, 0.2) is 30.3 Å². The molecule has 0 fully saturated rings. The summed E-state index contributed by atoms with van der Waals surface area (Å²) >= 11 is 0. The molecule has 0 spiro atoms. The van der Waals surface area contributed by atoms with Crippen molar-refractivity contribution >= 4 is 5.95 Å². The maximum absolute atomic E-state index is 5.66. The first-order chi connectivity index (χ1) is 7.84. The standard InChI is InChI=1S/C12H14N4/c13-12-14-11-10(7-4-8-16(11)15-12)9-5-2-1-3-6-9/h1-3,5-6,10H,4,7-8H2,(H2,13,15). The van der Waals surface area contributed by atoms with E-state index in [2.05, 4.69) is 34.3 Å². The van der Waals surface area contributed by atoms with Crippen LogP contribution in [0.1, 0.15) is 30.1 Å². The molecule has 0 saturated heterocycles. The van der Waals surface area contributed by atoms with Crippen LogP contribution in [0.25, 0.3) is 0 Å². The van der Waals surface area contributed by atoms with E-state index in [1.807, 2.05) is 10.7 Å². The SMILES string of the molecule is Nc1nc2n(n1)CCCC2c1ccccc1. The molecule has 1 unspecified atom stereocenters. The zero-order valence-corrected chi connectivity index (χ0v) is 9.00. The molecule has 1 atom stereocenters. The number of fused-ring (bicyclic) bond motifs is 1. The molecule has 0 bridgehead atoms. The minimum absolute atomic E-state index is 0.347. The van der Waals surface area contributed by atoms with Crippen molar-refractivity contribution in [2.24, 2.45) is 0 Å². The Morgan fingerprint density at radius 3 is 2.88 bits per heavy atom. The molecule has 3 rings (SSSR count). The summed E-state index contributed by atoms with van der Waals surface area (Å²) in [6.45, 7) is 0.933. The van der Waals surface area contributed by atoms with E-state index in [-0.39, 0.29) is 0 Å². The topological polar surface area (TPSA) is 56.7 Å². The third-order valence-electron chi connectivity index (χ3n) is 3.09. The average Bonchev–Trinajstić information content (AvgIpc) is 2.70. The number of rotatable bonds is 1. The van der Waals surface area contributed by atoms with Gasteiger partial charge in [-0.1, -0.05) is 30.3 Å². The predicted molar refractivity (Wildman–Crippen MR) is 62.0 cm³/mol. The fourth-order valence-corrected chi connectivity index (χ4v) is 2.37. The summed E-state index contributed by atoms with van der Waals surface area (Å²) in [7, 11) is 0. The molecule has 1 aliphatic heterocycles. The molecule has 82 valence electrons. The van der Waals surface area contributed by atoms with E-state index in [0.717, 1.165) is 25.2 Å². The van der Waals surface area contributed by atoms with E-state index in [1.165, 1.54) is 5.56 Å². The zero-order chi connectivity index (χ0) is 11.0. The summed E-state index contributed by atoms with van der Waals surface area (Å²) in [5.74, 6) is 1.74. The maximum Gasteiger partial charge on any atom is 0.239 e. The Hall–Kier alpha value is -1.84. The van der Waals surface area contributed by atoms with Crippen LogP contribution in [0.4, 0.5) is 5.95 Å². The van der Waals surface area contributed by atoms with Gasteiger partial charge in [-0.2, -0.15) is 4.98 Å². The molecule has 4 nitrogen and oxygen atoms in total. The van der Waals surface area contributed by atoms with Crippen molar-refractivity contribution in [3.8, 4) is 0 Å². The first-order valence-electron chi connectivity index (χ1n) is 5.60. The van der Waals surface area contributed by atoms with Crippen LogP contribution in [-0.4, -0.2) is 14.8 Å². The van der Waals surface area contributed by atoms with Gasteiger partial charge in [0.15, 0.2) is 0 Å². The van der Waals surface area contributed by atoms with Crippen LogP contribution in [0, 0.1) is 0 Å². The van der Waals surface area contributed by atoms with Crippen LogP contribution in [-0.2, 0) is 6.54 Å². The molecule has 0 aliphatic carbocycles. The van der Waals surface area contributed by atoms with E-state index in [9.17, 15) is 0 Å². The quantitative estimate of drug-likeness (QED) is 0.787. The largest absolute Gasteiger partial charge is 0.366 e. The number of aryl methyl sites for hydroxylation is 1. The predicted octanol–water partition coefficient (Wildman–Crippen LogP) is 1.79. The van der Waals surface area contributed by atoms with Crippen molar-refractivity contribution in [2.75, 3.05) is 5.73 Å². The van der Waals surface area contributed by atoms with Gasteiger partial charge in [-0.15, -0.1) is 5.10 Å². The molecule has 0 radical (unpaired) electrons. The van der Waals surface area contributed by atoms with E-state index >= 15 is 0 Å². The Labute approximate surface area is 94.1 Å². The van der Waals surface area contributed by atoms with Gasteiger partial charge in [-0.25, -0.2) is 4.68 Å². The van der Waals surface area contributed by atoms with Crippen LogP contribution >= 0.6 is 0 Å². The summed E-state index contributed by atoms with van der Waals surface area (Å²) in [5.41, 5.74) is 6.96. The molecule has 2 heterocycles. The number of nitrogen functional groups attached to an aromatic ring is 1. The summed E-state index contributed by atoms with van der Waals surface area (Å²) in [5, 5.41) is 4.21. The highest BCUT2D eigenvalue weighted by atomic mass is 15.4. The lowest BCUT2D eigenvalue weighted by Gasteiger charge is -2.22. The monoisotopic (exact) mass is 214 g/mol. The fourth-order valence-electron chi connectivity index (χ4n) is 2.37. The van der Waals surface area contributed by atoms with E-state index in [0.29, 0.717) is 11.9 Å².